The van der Waals surface area contributed by atoms with E-state index >= 15 is 0 Å². The number of anilines is 3. The fourth-order valence-corrected chi connectivity index (χ4v) is 4.64. The van der Waals surface area contributed by atoms with Gasteiger partial charge in [-0.25, -0.2) is 9.78 Å². The van der Waals surface area contributed by atoms with Gasteiger partial charge in [-0.1, -0.05) is 24.3 Å². The number of benzene rings is 2. The van der Waals surface area contributed by atoms with Gasteiger partial charge in [0.05, 0.1) is 6.54 Å². The lowest BCUT2D eigenvalue weighted by molar-refractivity contribution is -0.127. The summed E-state index contributed by atoms with van der Waals surface area (Å²) in [6, 6.07) is 14.6. The number of hydrogen-bond acceptors (Lipinski definition) is 7. The number of hydrogen-bond donors (Lipinski definition) is 5. The van der Waals surface area contributed by atoms with Gasteiger partial charge >= 0.3 is 6.03 Å². The number of pyridine rings is 1. The number of nitrogen functional groups attached to an aromatic ring is 1. The average Bonchev–Trinajstić information content (AvgIpc) is 3.30. The highest BCUT2D eigenvalue weighted by Gasteiger charge is 2.14. The van der Waals surface area contributed by atoms with Crippen LogP contribution in [0.4, 0.5) is 22.0 Å². The third-order valence-corrected chi connectivity index (χ3v) is 6.27. The molecule has 0 spiro atoms. The molecule has 0 aliphatic heterocycles. The predicted octanol–water partition coefficient (Wildman–Crippen LogP) is 4.11. The van der Waals surface area contributed by atoms with Gasteiger partial charge in [0, 0.05) is 44.9 Å². The molecular formula is C26H24N6O3S. The molecule has 182 valence electrons. The number of nitrogens with one attached hydrogen (secondary N) is 3. The third kappa shape index (κ3) is 5.74. The molecule has 0 saturated heterocycles. The van der Waals surface area contributed by atoms with E-state index < -0.39 is 11.8 Å². The van der Waals surface area contributed by atoms with Crippen LogP contribution in [0.5, 0.6) is 0 Å². The lowest BCUT2D eigenvalue weighted by Gasteiger charge is -2.09. The molecule has 0 saturated carbocycles. The molecule has 0 aliphatic rings. The second-order valence-corrected chi connectivity index (χ2v) is 8.81. The number of nitrogens with two attached hydrogens (primary N) is 2. The Labute approximate surface area is 211 Å². The minimum absolute atomic E-state index is 0.271. The number of amides is 4. The summed E-state index contributed by atoms with van der Waals surface area (Å²) < 4.78 is 0.853. The highest BCUT2D eigenvalue weighted by molar-refractivity contribution is 7.18. The fraction of sp³-hybridized carbons (Fsp3) is 0.0769. The first-order valence-corrected chi connectivity index (χ1v) is 11.8. The van der Waals surface area contributed by atoms with Crippen LogP contribution in [0.2, 0.25) is 0 Å². The molecule has 9 nitrogen and oxygen atoms in total. The largest absolute Gasteiger partial charge is 0.383 e. The van der Waals surface area contributed by atoms with Crippen LogP contribution >= 0.6 is 11.3 Å². The van der Waals surface area contributed by atoms with E-state index in [-0.39, 0.29) is 12.6 Å². The molecule has 0 aliphatic carbocycles. The Bertz CT molecular complexity index is 1480. The van der Waals surface area contributed by atoms with E-state index in [9.17, 15) is 14.4 Å². The van der Waals surface area contributed by atoms with Crippen molar-refractivity contribution in [3.05, 3.63) is 77.3 Å². The standard InChI is InChI=1S/C26H24N6O3S/c1-15-3-2-4-19(11-15)31-26(35)30-18-8-5-16(6-9-18)20-14-36-24-17(13-29-25(28)23(20)24)7-10-21(33)32-22(34)12-27/h2-11,13-14H,12,27H2,1H3,(H2,28,29)(H2,30,31,35)(H,32,33,34)/b10-7+. The minimum Gasteiger partial charge on any atom is -0.383 e. The van der Waals surface area contributed by atoms with E-state index in [1.165, 1.54) is 17.4 Å². The van der Waals surface area contributed by atoms with E-state index in [0.717, 1.165) is 26.8 Å². The zero-order valence-corrected chi connectivity index (χ0v) is 20.2. The number of aromatic nitrogens is 1. The maximum Gasteiger partial charge on any atom is 0.323 e. The Morgan fingerprint density at radius 2 is 1.81 bits per heavy atom. The number of imide groups is 1. The number of aryl methyl sites for hydroxylation is 1. The second-order valence-electron chi connectivity index (χ2n) is 7.93. The van der Waals surface area contributed by atoms with Gasteiger partial charge in [0.25, 0.3) is 5.91 Å². The van der Waals surface area contributed by atoms with E-state index in [1.807, 2.05) is 48.7 Å². The molecule has 2 aromatic carbocycles. The monoisotopic (exact) mass is 500 g/mol. The summed E-state index contributed by atoms with van der Waals surface area (Å²) in [5.74, 6) is -0.767. The van der Waals surface area contributed by atoms with Crippen LogP contribution in [0.1, 0.15) is 11.1 Å². The SMILES string of the molecule is Cc1cccc(NC(=O)Nc2ccc(-c3csc4c(/C=C/C(=O)NC(=O)CN)cnc(N)c34)cc2)c1. The molecule has 2 heterocycles. The summed E-state index contributed by atoms with van der Waals surface area (Å²) in [4.78, 5) is 39.8. The highest BCUT2D eigenvalue weighted by atomic mass is 32.1. The van der Waals surface area contributed by atoms with Crippen molar-refractivity contribution in [3.8, 4) is 11.1 Å². The lowest BCUT2D eigenvalue weighted by atomic mass is 10.0. The summed E-state index contributed by atoms with van der Waals surface area (Å²) in [6.07, 6.45) is 4.41. The summed E-state index contributed by atoms with van der Waals surface area (Å²) in [7, 11) is 0. The van der Waals surface area contributed by atoms with Crippen LogP contribution in [0, 0.1) is 6.92 Å². The van der Waals surface area contributed by atoms with Crippen LogP contribution < -0.4 is 27.4 Å². The van der Waals surface area contributed by atoms with Crippen molar-refractivity contribution in [1.82, 2.24) is 10.3 Å². The van der Waals surface area contributed by atoms with E-state index in [1.54, 1.807) is 24.4 Å². The van der Waals surface area contributed by atoms with Gasteiger partial charge in [-0.2, -0.15) is 0 Å². The number of carbonyl (C=O) groups is 3. The highest BCUT2D eigenvalue weighted by Crippen LogP contribution is 2.39. The number of fused-ring (bicyclic) bond motifs is 1. The predicted molar refractivity (Wildman–Crippen MR) is 145 cm³/mol. The Morgan fingerprint density at radius 1 is 1.06 bits per heavy atom. The van der Waals surface area contributed by atoms with Crippen LogP contribution in [0.15, 0.2) is 66.2 Å². The van der Waals surface area contributed by atoms with Crippen LogP contribution in [0.3, 0.4) is 0 Å². The van der Waals surface area contributed by atoms with Gasteiger partial charge in [0.15, 0.2) is 0 Å². The molecule has 36 heavy (non-hydrogen) atoms. The van der Waals surface area contributed by atoms with Crippen molar-refractivity contribution in [1.29, 1.82) is 0 Å². The van der Waals surface area contributed by atoms with Gasteiger partial charge in [-0.15, -0.1) is 11.3 Å². The molecule has 0 fully saturated rings. The number of urea groups is 1. The van der Waals surface area contributed by atoms with Crippen molar-refractivity contribution >= 4 is 62.5 Å². The van der Waals surface area contributed by atoms with Crippen molar-refractivity contribution in [2.75, 3.05) is 22.9 Å². The molecule has 4 aromatic rings. The van der Waals surface area contributed by atoms with Crippen molar-refractivity contribution in [3.63, 3.8) is 0 Å². The maximum absolute atomic E-state index is 12.3. The van der Waals surface area contributed by atoms with Gasteiger partial charge in [-0.3, -0.25) is 14.9 Å². The first-order valence-electron chi connectivity index (χ1n) is 11.0. The van der Waals surface area contributed by atoms with Crippen molar-refractivity contribution in [2.24, 2.45) is 5.73 Å². The van der Waals surface area contributed by atoms with Crippen molar-refractivity contribution < 1.29 is 14.4 Å². The lowest BCUT2D eigenvalue weighted by Crippen LogP contribution is -2.34. The van der Waals surface area contributed by atoms with Crippen LogP contribution in [0.25, 0.3) is 27.3 Å². The number of nitrogens with zero attached hydrogens (tertiary/aromatic N) is 1. The van der Waals surface area contributed by atoms with Crippen molar-refractivity contribution in [2.45, 2.75) is 6.92 Å². The minimum atomic E-state index is -0.568. The first-order chi connectivity index (χ1) is 17.3. The van der Waals surface area contributed by atoms with E-state index in [0.29, 0.717) is 22.8 Å². The van der Waals surface area contributed by atoms with Gasteiger partial charge in [0.1, 0.15) is 5.82 Å². The molecule has 0 atom stereocenters. The molecule has 7 N–H and O–H groups in total. The third-order valence-electron chi connectivity index (χ3n) is 5.24. The molecular weight excluding hydrogens is 476 g/mol. The smallest absolute Gasteiger partial charge is 0.323 e. The van der Waals surface area contributed by atoms with E-state index in [4.69, 9.17) is 11.5 Å². The Balaban J connectivity index is 1.52. The summed E-state index contributed by atoms with van der Waals surface area (Å²) in [5, 5.41) is 10.5. The molecule has 0 radical (unpaired) electrons. The maximum atomic E-state index is 12.3. The van der Waals surface area contributed by atoms with Crippen LogP contribution in [-0.4, -0.2) is 29.4 Å². The Kier molecular flexibility index (Phi) is 7.38. The molecule has 10 heteroatoms. The summed E-state index contributed by atoms with van der Waals surface area (Å²) in [6.45, 7) is 1.69. The molecule has 4 amide bonds. The summed E-state index contributed by atoms with van der Waals surface area (Å²) in [5.41, 5.74) is 16.3. The van der Waals surface area contributed by atoms with Gasteiger partial charge in [0.2, 0.25) is 5.91 Å². The zero-order valence-electron chi connectivity index (χ0n) is 19.4. The molecule has 0 bridgehead atoms. The Hall–Kier alpha value is -4.54. The molecule has 0 unspecified atom stereocenters. The fourth-order valence-electron chi connectivity index (χ4n) is 3.56. The van der Waals surface area contributed by atoms with Crippen LogP contribution in [-0.2, 0) is 9.59 Å². The zero-order chi connectivity index (χ0) is 25.7. The van der Waals surface area contributed by atoms with Gasteiger partial charge in [-0.05, 0) is 53.8 Å². The average molecular weight is 501 g/mol. The molecule has 4 rings (SSSR count). The van der Waals surface area contributed by atoms with E-state index in [2.05, 4.69) is 20.9 Å². The number of thiophene rings is 1. The Morgan fingerprint density at radius 3 is 2.53 bits per heavy atom. The second kappa shape index (κ2) is 10.8. The first kappa shape index (κ1) is 24.6. The quantitative estimate of drug-likeness (QED) is 0.251. The molecule has 2 aromatic heterocycles. The number of carbonyl (C=O) groups excluding carboxylic acids is 3. The van der Waals surface area contributed by atoms with Gasteiger partial charge < -0.3 is 22.1 Å². The summed E-state index contributed by atoms with van der Waals surface area (Å²) >= 11 is 1.47. The number of rotatable bonds is 6. The normalized spacial score (nSPS) is 10.9. The topological polar surface area (TPSA) is 152 Å².